The fourth-order valence-corrected chi connectivity index (χ4v) is 3.94. The van der Waals surface area contributed by atoms with E-state index in [-0.39, 0.29) is 11.9 Å². The number of aliphatic imine (C=N–C) groups is 1. The van der Waals surface area contributed by atoms with Crippen molar-refractivity contribution >= 4 is 40.6 Å². The molecule has 0 spiro atoms. The van der Waals surface area contributed by atoms with Crippen molar-refractivity contribution in [3.05, 3.63) is 82.0 Å². The minimum Gasteiger partial charge on any atom is -0.465 e. The summed E-state index contributed by atoms with van der Waals surface area (Å²) >= 11 is 1.27. The van der Waals surface area contributed by atoms with Gasteiger partial charge in [0.15, 0.2) is 5.17 Å². The molecular weight excluding hydrogens is 412 g/mol. The molecule has 2 heterocycles. The van der Waals surface area contributed by atoms with Gasteiger partial charge in [-0.15, -0.1) is 0 Å². The zero-order valence-electron chi connectivity index (χ0n) is 17.3. The number of nitrogens with one attached hydrogen (secondary N) is 1. The second kappa shape index (κ2) is 8.65. The van der Waals surface area contributed by atoms with Gasteiger partial charge in [-0.05, 0) is 61.5 Å². The summed E-state index contributed by atoms with van der Waals surface area (Å²) in [5, 5.41) is 3.33. The van der Waals surface area contributed by atoms with Crippen LogP contribution in [0.25, 0.3) is 17.4 Å². The molecule has 1 saturated heterocycles. The van der Waals surface area contributed by atoms with Crippen molar-refractivity contribution in [3.8, 4) is 11.3 Å². The summed E-state index contributed by atoms with van der Waals surface area (Å²) in [6.45, 7) is 4.02. The quantitative estimate of drug-likeness (QED) is 0.450. The van der Waals surface area contributed by atoms with Crippen molar-refractivity contribution in [3.63, 3.8) is 0 Å². The predicted octanol–water partition coefficient (Wildman–Crippen LogP) is 5.24. The molecule has 0 saturated carbocycles. The fraction of sp³-hybridized carbons (Fsp3) is 0.125. The summed E-state index contributed by atoms with van der Waals surface area (Å²) in [6, 6.07) is 16.5. The van der Waals surface area contributed by atoms with Gasteiger partial charge >= 0.3 is 5.97 Å². The summed E-state index contributed by atoms with van der Waals surface area (Å²) in [5.74, 6) is 0.584. The van der Waals surface area contributed by atoms with Gasteiger partial charge in [0.05, 0.1) is 23.3 Å². The molecule has 0 aliphatic carbocycles. The number of esters is 1. The number of amidine groups is 1. The van der Waals surface area contributed by atoms with E-state index in [0.717, 1.165) is 16.8 Å². The van der Waals surface area contributed by atoms with Crippen LogP contribution in [0.1, 0.15) is 27.2 Å². The van der Waals surface area contributed by atoms with Gasteiger partial charge in [-0.25, -0.2) is 9.79 Å². The minimum atomic E-state index is -0.390. The lowest BCUT2D eigenvalue weighted by molar-refractivity contribution is -0.115. The highest BCUT2D eigenvalue weighted by Gasteiger charge is 2.24. The third kappa shape index (κ3) is 4.62. The number of furan rings is 1. The molecule has 1 aliphatic rings. The Hall–Kier alpha value is -3.58. The van der Waals surface area contributed by atoms with Crippen molar-refractivity contribution in [2.45, 2.75) is 13.8 Å². The molecule has 4 rings (SSSR count). The van der Waals surface area contributed by atoms with Gasteiger partial charge in [0, 0.05) is 11.6 Å². The van der Waals surface area contributed by atoms with E-state index >= 15 is 0 Å². The van der Waals surface area contributed by atoms with E-state index in [2.05, 4.69) is 16.4 Å². The van der Waals surface area contributed by atoms with Crippen LogP contribution in [0, 0.1) is 13.8 Å². The van der Waals surface area contributed by atoms with Gasteiger partial charge in [-0.1, -0.05) is 29.8 Å². The van der Waals surface area contributed by atoms with E-state index in [0.29, 0.717) is 27.2 Å². The lowest BCUT2D eigenvalue weighted by atomic mass is 10.1. The second-order valence-corrected chi connectivity index (χ2v) is 8.07. The van der Waals surface area contributed by atoms with Crippen LogP contribution in [0.3, 0.4) is 0 Å². The summed E-state index contributed by atoms with van der Waals surface area (Å²) < 4.78 is 10.6. The lowest BCUT2D eigenvalue weighted by Gasteiger charge is -2.02. The Balaban J connectivity index is 1.52. The molecule has 1 fully saturated rings. The first-order chi connectivity index (χ1) is 14.9. The number of benzene rings is 2. The van der Waals surface area contributed by atoms with Crippen LogP contribution in [0.15, 0.2) is 68.9 Å². The van der Waals surface area contributed by atoms with E-state index in [1.807, 2.05) is 32.0 Å². The Morgan fingerprint density at radius 2 is 1.87 bits per heavy atom. The van der Waals surface area contributed by atoms with Crippen molar-refractivity contribution in [1.82, 2.24) is 5.32 Å². The Morgan fingerprint density at radius 3 is 2.58 bits per heavy atom. The first kappa shape index (κ1) is 20.7. The smallest absolute Gasteiger partial charge is 0.337 e. The van der Waals surface area contributed by atoms with Crippen molar-refractivity contribution in [2.24, 2.45) is 4.99 Å². The Morgan fingerprint density at radius 1 is 1.10 bits per heavy atom. The summed E-state index contributed by atoms with van der Waals surface area (Å²) in [7, 11) is 1.35. The van der Waals surface area contributed by atoms with E-state index in [9.17, 15) is 9.59 Å². The highest BCUT2D eigenvalue weighted by molar-refractivity contribution is 8.18. The first-order valence-electron chi connectivity index (χ1n) is 9.58. The number of carbonyl (C=O) groups is 2. The van der Waals surface area contributed by atoms with Crippen molar-refractivity contribution in [2.75, 3.05) is 7.11 Å². The predicted molar refractivity (Wildman–Crippen MR) is 122 cm³/mol. The van der Waals surface area contributed by atoms with Crippen LogP contribution < -0.4 is 5.32 Å². The molecule has 0 bridgehead atoms. The molecule has 1 aromatic heterocycles. The Labute approximate surface area is 184 Å². The normalized spacial score (nSPS) is 16.0. The molecule has 1 aliphatic heterocycles. The lowest BCUT2D eigenvalue weighted by Crippen LogP contribution is -2.19. The highest BCUT2D eigenvalue weighted by Crippen LogP contribution is 2.31. The molecule has 0 atom stereocenters. The van der Waals surface area contributed by atoms with E-state index < -0.39 is 0 Å². The fourth-order valence-electron chi connectivity index (χ4n) is 3.12. The molecule has 2 aromatic carbocycles. The van der Waals surface area contributed by atoms with Gasteiger partial charge in [0.2, 0.25) is 0 Å². The number of carbonyl (C=O) groups excluding carboxylic acids is 2. The number of nitrogens with zero attached hydrogens (tertiary/aromatic N) is 1. The molecule has 1 N–H and O–H groups in total. The third-order valence-corrected chi connectivity index (χ3v) is 5.63. The van der Waals surface area contributed by atoms with Crippen LogP contribution in [0.2, 0.25) is 0 Å². The summed E-state index contributed by atoms with van der Waals surface area (Å²) in [4.78, 5) is 29.0. The number of methoxy groups -OCH3 is 1. The third-order valence-electron chi connectivity index (χ3n) is 4.72. The minimum absolute atomic E-state index is 0.214. The van der Waals surface area contributed by atoms with Crippen LogP contribution in [-0.2, 0) is 9.53 Å². The molecule has 31 heavy (non-hydrogen) atoms. The number of amides is 1. The molecule has 156 valence electrons. The van der Waals surface area contributed by atoms with Gasteiger partial charge in [-0.3, -0.25) is 4.79 Å². The average molecular weight is 433 g/mol. The van der Waals surface area contributed by atoms with Crippen LogP contribution in [-0.4, -0.2) is 24.2 Å². The van der Waals surface area contributed by atoms with Gasteiger partial charge in [0.25, 0.3) is 5.91 Å². The monoisotopic (exact) mass is 432 g/mol. The maximum absolute atomic E-state index is 12.4. The second-order valence-electron chi connectivity index (χ2n) is 7.04. The highest BCUT2D eigenvalue weighted by atomic mass is 32.2. The molecule has 0 radical (unpaired) electrons. The number of hydrogen-bond acceptors (Lipinski definition) is 6. The van der Waals surface area contributed by atoms with E-state index in [4.69, 9.17) is 9.15 Å². The maximum atomic E-state index is 12.4. The van der Waals surface area contributed by atoms with Gasteiger partial charge < -0.3 is 14.5 Å². The SMILES string of the molecule is COC(=O)c1ccc(-c2ccc(/C=C3\SC(=Nc4ccc(C)cc4C)NC3=O)o2)cc1. The summed E-state index contributed by atoms with van der Waals surface area (Å²) in [6.07, 6.45) is 1.69. The average Bonchev–Trinajstić information content (AvgIpc) is 3.36. The molecule has 1 amide bonds. The molecule has 3 aromatic rings. The topological polar surface area (TPSA) is 80.9 Å². The van der Waals surface area contributed by atoms with Gasteiger partial charge in [0.1, 0.15) is 11.5 Å². The van der Waals surface area contributed by atoms with E-state index in [1.165, 1.54) is 24.4 Å². The standard InChI is InChI=1S/C24H20N2O4S/c1-14-4-10-19(15(2)12-14)25-24-26-22(27)21(31-24)13-18-9-11-20(30-18)16-5-7-17(8-6-16)23(28)29-3/h4-13H,1-3H3,(H,25,26,27)/b21-13-. The van der Waals surface area contributed by atoms with E-state index in [1.54, 1.807) is 36.4 Å². The zero-order chi connectivity index (χ0) is 22.0. The maximum Gasteiger partial charge on any atom is 0.337 e. The molecule has 0 unspecified atom stereocenters. The number of thioether (sulfide) groups is 1. The van der Waals surface area contributed by atoms with Crippen molar-refractivity contribution in [1.29, 1.82) is 0 Å². The van der Waals surface area contributed by atoms with Crippen LogP contribution in [0.5, 0.6) is 0 Å². The molecule has 6 nitrogen and oxygen atoms in total. The number of hydrogen-bond donors (Lipinski definition) is 1. The zero-order valence-corrected chi connectivity index (χ0v) is 18.1. The number of aryl methyl sites for hydroxylation is 2. The van der Waals surface area contributed by atoms with Crippen LogP contribution in [0.4, 0.5) is 5.69 Å². The Kier molecular flexibility index (Phi) is 5.77. The van der Waals surface area contributed by atoms with Crippen LogP contribution >= 0.6 is 11.8 Å². The molecular formula is C24H20N2O4S. The van der Waals surface area contributed by atoms with Gasteiger partial charge in [-0.2, -0.15) is 0 Å². The summed E-state index contributed by atoms with van der Waals surface area (Å²) in [5.41, 5.74) is 4.32. The largest absolute Gasteiger partial charge is 0.465 e. The Bertz CT molecular complexity index is 1220. The number of ether oxygens (including phenoxy) is 1. The number of rotatable bonds is 4. The van der Waals surface area contributed by atoms with Crippen molar-refractivity contribution < 1.29 is 18.7 Å². The first-order valence-corrected chi connectivity index (χ1v) is 10.4. The molecule has 7 heteroatoms.